The highest BCUT2D eigenvalue weighted by Gasteiger charge is 2.30. The van der Waals surface area contributed by atoms with Crippen molar-refractivity contribution in [2.45, 2.75) is 51.0 Å². The lowest BCUT2D eigenvalue weighted by molar-refractivity contribution is -0.122. The van der Waals surface area contributed by atoms with E-state index in [4.69, 9.17) is 4.74 Å². The smallest absolute Gasteiger partial charge is 0.221 e. The third kappa shape index (κ3) is 4.26. The topological polar surface area (TPSA) is 54.1 Å². The number of fused-ring (bicyclic) bond motifs is 1. The third-order valence-electron chi connectivity index (χ3n) is 6.21. The first-order valence-corrected chi connectivity index (χ1v) is 10.7. The molecule has 0 saturated carbocycles. The average Bonchev–Trinajstić information content (AvgIpc) is 3.38. The number of carbonyl (C=O) groups excluding carboxylic acids is 1. The van der Waals surface area contributed by atoms with Crippen molar-refractivity contribution in [3.63, 3.8) is 0 Å². The lowest BCUT2D eigenvalue weighted by Gasteiger charge is -2.24. The maximum absolute atomic E-state index is 13.5. The van der Waals surface area contributed by atoms with Gasteiger partial charge in [0, 0.05) is 42.6 Å². The summed E-state index contributed by atoms with van der Waals surface area (Å²) in [5.41, 5.74) is 4.06. The van der Waals surface area contributed by atoms with Crippen LogP contribution in [0.25, 0.3) is 10.9 Å². The number of H-pyrrole nitrogens is 1. The Bertz CT molecular complexity index is 1020. The Morgan fingerprint density at radius 1 is 1.27 bits per heavy atom. The standard InChI is InChI=1S/C25H29FN2O2/c1-3-17-6-4-7-20-22(15-27-24(17)20)21(18-8-10-19(26)11-9-18)14-23(29)28-16-25(2)12-5-13-30-25/h4,6-11,15,21,27H,3,5,12-14,16H2,1-2H3,(H,28,29). The molecule has 0 aliphatic carbocycles. The molecule has 1 amide bonds. The van der Waals surface area contributed by atoms with E-state index in [-0.39, 0.29) is 23.2 Å². The number of benzene rings is 2. The number of ether oxygens (including phenoxy) is 1. The fraction of sp³-hybridized carbons (Fsp3) is 0.400. The molecule has 2 atom stereocenters. The zero-order valence-electron chi connectivity index (χ0n) is 17.6. The highest BCUT2D eigenvalue weighted by molar-refractivity contribution is 5.88. The summed E-state index contributed by atoms with van der Waals surface area (Å²) in [6, 6.07) is 12.7. The van der Waals surface area contributed by atoms with Gasteiger partial charge < -0.3 is 15.0 Å². The van der Waals surface area contributed by atoms with Crippen LogP contribution in [0.15, 0.2) is 48.7 Å². The normalized spacial score (nSPS) is 19.8. The molecule has 2 N–H and O–H groups in total. The van der Waals surface area contributed by atoms with Gasteiger partial charge >= 0.3 is 0 Å². The summed E-state index contributed by atoms with van der Waals surface area (Å²) in [6.07, 6.45) is 5.20. The number of aromatic nitrogens is 1. The summed E-state index contributed by atoms with van der Waals surface area (Å²) in [5, 5.41) is 4.17. The minimum atomic E-state index is -0.280. The Hall–Kier alpha value is -2.66. The Kier molecular flexibility index (Phi) is 5.91. The maximum Gasteiger partial charge on any atom is 0.221 e. The Balaban J connectivity index is 1.62. The predicted octanol–water partition coefficient (Wildman–Crippen LogP) is 5.08. The molecule has 3 aromatic rings. The van der Waals surface area contributed by atoms with Crippen molar-refractivity contribution in [2.24, 2.45) is 0 Å². The van der Waals surface area contributed by atoms with Crippen molar-refractivity contribution < 1.29 is 13.9 Å². The van der Waals surface area contributed by atoms with Crippen LogP contribution in [-0.4, -0.2) is 29.6 Å². The van der Waals surface area contributed by atoms with Crippen molar-refractivity contribution >= 4 is 16.8 Å². The molecule has 1 aromatic heterocycles. The number of nitrogens with one attached hydrogen (secondary N) is 2. The van der Waals surface area contributed by atoms with E-state index >= 15 is 0 Å². The molecule has 1 aliphatic heterocycles. The largest absolute Gasteiger partial charge is 0.373 e. The Morgan fingerprint density at radius 2 is 2.07 bits per heavy atom. The molecule has 2 heterocycles. The van der Waals surface area contributed by atoms with Gasteiger partial charge in [-0.2, -0.15) is 0 Å². The van der Waals surface area contributed by atoms with Crippen LogP contribution in [0.2, 0.25) is 0 Å². The number of carbonyl (C=O) groups is 1. The number of aromatic amines is 1. The van der Waals surface area contributed by atoms with Crippen molar-refractivity contribution in [1.29, 1.82) is 0 Å². The minimum Gasteiger partial charge on any atom is -0.373 e. The summed E-state index contributed by atoms with van der Waals surface area (Å²) in [5.74, 6) is -0.466. The first-order valence-electron chi connectivity index (χ1n) is 10.7. The predicted molar refractivity (Wildman–Crippen MR) is 117 cm³/mol. The second-order valence-corrected chi connectivity index (χ2v) is 8.42. The lowest BCUT2D eigenvalue weighted by atomic mass is 9.87. The SMILES string of the molecule is CCc1cccc2c(C(CC(=O)NCC3(C)CCCO3)c3ccc(F)cc3)c[nH]c12. The maximum atomic E-state index is 13.5. The minimum absolute atomic E-state index is 0.0259. The Morgan fingerprint density at radius 3 is 2.77 bits per heavy atom. The highest BCUT2D eigenvalue weighted by atomic mass is 19.1. The summed E-state index contributed by atoms with van der Waals surface area (Å²) >= 11 is 0. The average molecular weight is 409 g/mol. The van der Waals surface area contributed by atoms with Gasteiger partial charge in [-0.15, -0.1) is 0 Å². The van der Waals surface area contributed by atoms with Gasteiger partial charge in [0.2, 0.25) is 5.91 Å². The summed E-state index contributed by atoms with van der Waals surface area (Å²) in [6.45, 7) is 5.44. The number of aryl methyl sites for hydroxylation is 1. The summed E-state index contributed by atoms with van der Waals surface area (Å²) < 4.78 is 19.3. The molecule has 2 unspecified atom stereocenters. The molecule has 5 heteroatoms. The molecule has 1 aliphatic rings. The zero-order valence-corrected chi connectivity index (χ0v) is 17.6. The number of para-hydroxylation sites is 1. The van der Waals surface area contributed by atoms with Crippen molar-refractivity contribution in [1.82, 2.24) is 10.3 Å². The first-order chi connectivity index (χ1) is 14.5. The van der Waals surface area contributed by atoms with Gasteiger partial charge in [-0.25, -0.2) is 4.39 Å². The van der Waals surface area contributed by atoms with Crippen LogP contribution in [0, 0.1) is 5.82 Å². The van der Waals surface area contributed by atoms with Gasteiger partial charge in [0.1, 0.15) is 5.82 Å². The summed E-state index contributed by atoms with van der Waals surface area (Å²) in [4.78, 5) is 16.3. The molecule has 2 aromatic carbocycles. The van der Waals surface area contributed by atoms with Gasteiger partial charge in [0.05, 0.1) is 5.60 Å². The fourth-order valence-electron chi connectivity index (χ4n) is 4.44. The number of hydrogen-bond acceptors (Lipinski definition) is 2. The van der Waals surface area contributed by atoms with Crippen LogP contribution in [0.3, 0.4) is 0 Å². The molecule has 158 valence electrons. The van der Waals surface area contributed by atoms with E-state index in [1.165, 1.54) is 17.7 Å². The Labute approximate surface area is 176 Å². The van der Waals surface area contributed by atoms with E-state index in [0.717, 1.165) is 47.9 Å². The molecule has 4 nitrogen and oxygen atoms in total. The van der Waals surface area contributed by atoms with E-state index in [1.807, 2.05) is 13.1 Å². The molecule has 0 bridgehead atoms. The number of amides is 1. The van der Waals surface area contributed by atoms with Gasteiger partial charge in [0.15, 0.2) is 0 Å². The third-order valence-corrected chi connectivity index (χ3v) is 6.21. The number of rotatable bonds is 7. The molecular formula is C25H29FN2O2. The molecule has 0 spiro atoms. The van der Waals surface area contributed by atoms with Crippen molar-refractivity contribution in [3.05, 3.63) is 71.2 Å². The van der Waals surface area contributed by atoms with E-state index in [2.05, 4.69) is 35.4 Å². The monoisotopic (exact) mass is 408 g/mol. The van der Waals surface area contributed by atoms with E-state index in [9.17, 15) is 9.18 Å². The van der Waals surface area contributed by atoms with E-state index in [0.29, 0.717) is 13.0 Å². The first kappa shape index (κ1) is 20.6. The van der Waals surface area contributed by atoms with Gasteiger partial charge in [-0.3, -0.25) is 4.79 Å². The highest BCUT2D eigenvalue weighted by Crippen LogP contribution is 2.35. The summed E-state index contributed by atoms with van der Waals surface area (Å²) in [7, 11) is 0. The van der Waals surface area contributed by atoms with Crippen LogP contribution in [-0.2, 0) is 16.0 Å². The molecule has 4 rings (SSSR count). The second kappa shape index (κ2) is 8.60. The zero-order chi connectivity index (χ0) is 21.1. The molecule has 30 heavy (non-hydrogen) atoms. The molecule has 0 radical (unpaired) electrons. The van der Waals surface area contributed by atoms with Gasteiger partial charge in [-0.1, -0.05) is 37.3 Å². The van der Waals surface area contributed by atoms with Crippen molar-refractivity contribution in [3.8, 4) is 0 Å². The van der Waals surface area contributed by atoms with Crippen molar-refractivity contribution in [2.75, 3.05) is 13.2 Å². The van der Waals surface area contributed by atoms with Gasteiger partial charge in [0.25, 0.3) is 0 Å². The molecule has 1 saturated heterocycles. The number of halogens is 1. The van der Waals surface area contributed by atoms with E-state index in [1.54, 1.807) is 12.1 Å². The number of hydrogen-bond donors (Lipinski definition) is 2. The molecular weight excluding hydrogens is 379 g/mol. The fourth-order valence-corrected chi connectivity index (χ4v) is 4.44. The van der Waals surface area contributed by atoms with Gasteiger partial charge in [-0.05, 0) is 55.0 Å². The molecule has 1 fully saturated rings. The van der Waals surface area contributed by atoms with Crippen LogP contribution in [0.4, 0.5) is 4.39 Å². The van der Waals surface area contributed by atoms with Crippen LogP contribution >= 0.6 is 0 Å². The van der Waals surface area contributed by atoms with Crippen LogP contribution in [0.1, 0.15) is 55.7 Å². The van der Waals surface area contributed by atoms with Crippen LogP contribution < -0.4 is 5.32 Å². The second-order valence-electron chi connectivity index (χ2n) is 8.42. The quantitative estimate of drug-likeness (QED) is 0.573. The lowest BCUT2D eigenvalue weighted by Crippen LogP contribution is -2.40. The van der Waals surface area contributed by atoms with E-state index < -0.39 is 0 Å². The van der Waals surface area contributed by atoms with Crippen LogP contribution in [0.5, 0.6) is 0 Å².